The lowest BCUT2D eigenvalue weighted by Gasteiger charge is -2.22. The first-order valence-corrected chi connectivity index (χ1v) is 4.77. The highest BCUT2D eigenvalue weighted by atomic mass is 16.5. The van der Waals surface area contributed by atoms with Gasteiger partial charge in [-0.2, -0.15) is 0 Å². The van der Waals surface area contributed by atoms with Crippen molar-refractivity contribution in [2.75, 3.05) is 7.11 Å². The van der Waals surface area contributed by atoms with Crippen LogP contribution in [0.2, 0.25) is 0 Å². The van der Waals surface area contributed by atoms with Gasteiger partial charge in [-0.05, 0) is 35.6 Å². The smallest absolute Gasteiger partial charge is 0.122 e. The van der Waals surface area contributed by atoms with E-state index in [0.29, 0.717) is 0 Å². The summed E-state index contributed by atoms with van der Waals surface area (Å²) in [4.78, 5) is 0. The molecule has 0 amide bonds. The third-order valence-corrected chi connectivity index (χ3v) is 2.78. The Morgan fingerprint density at radius 2 is 2.00 bits per heavy atom. The molecule has 0 fully saturated rings. The molecule has 0 saturated heterocycles. The molecule has 0 N–H and O–H groups in total. The molecule has 0 unspecified atom stereocenters. The Hall–Kier alpha value is -1.50. The molecule has 2 rings (SSSR count). The van der Waals surface area contributed by atoms with Gasteiger partial charge in [-0.25, -0.2) is 0 Å². The Bertz CT molecular complexity index is 402. The SMILES string of the molecule is C=C1CCc2c(OC)cccc2C1=C. The van der Waals surface area contributed by atoms with Crippen LogP contribution >= 0.6 is 0 Å². The van der Waals surface area contributed by atoms with E-state index < -0.39 is 0 Å². The van der Waals surface area contributed by atoms with Crippen LogP contribution in [0, 0.1) is 0 Å². The zero-order valence-electron chi connectivity index (χ0n) is 8.47. The highest BCUT2D eigenvalue weighted by Gasteiger charge is 2.18. The zero-order chi connectivity index (χ0) is 10.1. The minimum Gasteiger partial charge on any atom is -0.496 e. The van der Waals surface area contributed by atoms with E-state index in [1.54, 1.807) is 7.11 Å². The second-order valence-electron chi connectivity index (χ2n) is 3.57. The third-order valence-electron chi connectivity index (χ3n) is 2.78. The maximum atomic E-state index is 5.33. The van der Waals surface area contributed by atoms with E-state index in [1.807, 2.05) is 12.1 Å². The molecule has 0 spiro atoms. The third kappa shape index (κ3) is 1.25. The van der Waals surface area contributed by atoms with Gasteiger partial charge in [0.2, 0.25) is 0 Å². The fraction of sp³-hybridized carbons (Fsp3) is 0.231. The van der Waals surface area contributed by atoms with Crippen LogP contribution in [0.3, 0.4) is 0 Å². The summed E-state index contributed by atoms with van der Waals surface area (Å²) in [5.41, 5.74) is 4.67. The summed E-state index contributed by atoms with van der Waals surface area (Å²) < 4.78 is 5.33. The van der Waals surface area contributed by atoms with Crippen molar-refractivity contribution in [1.29, 1.82) is 0 Å². The van der Waals surface area contributed by atoms with E-state index in [1.165, 1.54) is 11.1 Å². The lowest BCUT2D eigenvalue weighted by Crippen LogP contribution is -2.05. The number of rotatable bonds is 1. The van der Waals surface area contributed by atoms with Crippen LogP contribution in [0.25, 0.3) is 5.57 Å². The van der Waals surface area contributed by atoms with Gasteiger partial charge in [0.1, 0.15) is 5.75 Å². The number of allylic oxidation sites excluding steroid dienone is 2. The highest BCUT2D eigenvalue weighted by Crippen LogP contribution is 2.37. The molecule has 1 aliphatic rings. The average Bonchev–Trinajstić information content (AvgIpc) is 2.23. The van der Waals surface area contributed by atoms with Crippen molar-refractivity contribution in [3.05, 3.63) is 48.1 Å². The van der Waals surface area contributed by atoms with Crippen LogP contribution in [0.5, 0.6) is 5.75 Å². The van der Waals surface area contributed by atoms with Crippen molar-refractivity contribution in [3.8, 4) is 5.75 Å². The molecule has 1 heteroatoms. The number of fused-ring (bicyclic) bond motifs is 1. The molecule has 1 aliphatic carbocycles. The van der Waals surface area contributed by atoms with E-state index in [9.17, 15) is 0 Å². The van der Waals surface area contributed by atoms with Gasteiger partial charge in [0.15, 0.2) is 0 Å². The second-order valence-corrected chi connectivity index (χ2v) is 3.57. The van der Waals surface area contributed by atoms with E-state index in [0.717, 1.165) is 29.7 Å². The number of benzene rings is 1. The van der Waals surface area contributed by atoms with Crippen molar-refractivity contribution in [2.24, 2.45) is 0 Å². The van der Waals surface area contributed by atoms with Gasteiger partial charge < -0.3 is 4.74 Å². The molecule has 0 aromatic heterocycles. The molecular formula is C13H14O. The van der Waals surface area contributed by atoms with Gasteiger partial charge in [-0.3, -0.25) is 0 Å². The van der Waals surface area contributed by atoms with Crippen LogP contribution in [0.15, 0.2) is 36.9 Å². The maximum Gasteiger partial charge on any atom is 0.122 e. The molecule has 1 aromatic carbocycles. The molecule has 0 aliphatic heterocycles. The Balaban J connectivity index is 2.57. The summed E-state index contributed by atoms with van der Waals surface area (Å²) >= 11 is 0. The van der Waals surface area contributed by atoms with Crippen LogP contribution in [-0.4, -0.2) is 7.11 Å². The predicted octanol–water partition coefficient (Wildman–Crippen LogP) is 3.21. The number of ether oxygens (including phenoxy) is 1. The number of hydrogen-bond donors (Lipinski definition) is 0. The molecule has 72 valence electrons. The Morgan fingerprint density at radius 3 is 2.71 bits per heavy atom. The predicted molar refractivity (Wildman–Crippen MR) is 59.5 cm³/mol. The Labute approximate surface area is 84.7 Å². The summed E-state index contributed by atoms with van der Waals surface area (Å²) in [6.45, 7) is 8.07. The van der Waals surface area contributed by atoms with Crippen LogP contribution < -0.4 is 4.74 Å². The average molecular weight is 186 g/mol. The van der Waals surface area contributed by atoms with E-state index >= 15 is 0 Å². The minimum atomic E-state index is 0.969. The number of methoxy groups -OCH3 is 1. The topological polar surface area (TPSA) is 9.23 Å². The Kier molecular flexibility index (Phi) is 2.16. The lowest BCUT2D eigenvalue weighted by molar-refractivity contribution is 0.409. The highest BCUT2D eigenvalue weighted by molar-refractivity contribution is 5.81. The van der Waals surface area contributed by atoms with Crippen molar-refractivity contribution in [2.45, 2.75) is 12.8 Å². The first-order valence-electron chi connectivity index (χ1n) is 4.77. The fourth-order valence-electron chi connectivity index (χ4n) is 1.91. The molecular weight excluding hydrogens is 172 g/mol. The molecule has 0 atom stereocenters. The minimum absolute atomic E-state index is 0.969. The van der Waals surface area contributed by atoms with Gasteiger partial charge in [-0.15, -0.1) is 0 Å². The zero-order valence-corrected chi connectivity index (χ0v) is 8.47. The quantitative estimate of drug-likeness (QED) is 0.654. The van der Waals surface area contributed by atoms with Crippen molar-refractivity contribution >= 4 is 5.57 Å². The summed E-state index contributed by atoms with van der Waals surface area (Å²) in [6.07, 6.45) is 2.00. The normalized spacial score (nSPS) is 15.2. The van der Waals surface area contributed by atoms with Crippen molar-refractivity contribution in [1.82, 2.24) is 0 Å². The molecule has 0 heterocycles. The van der Waals surface area contributed by atoms with E-state index in [2.05, 4.69) is 19.2 Å². The largest absolute Gasteiger partial charge is 0.496 e. The molecule has 0 saturated carbocycles. The first kappa shape index (κ1) is 9.07. The molecule has 1 aromatic rings. The van der Waals surface area contributed by atoms with Crippen LogP contribution in [0.1, 0.15) is 17.5 Å². The molecule has 1 nitrogen and oxygen atoms in total. The van der Waals surface area contributed by atoms with E-state index in [-0.39, 0.29) is 0 Å². The fourth-order valence-corrected chi connectivity index (χ4v) is 1.91. The van der Waals surface area contributed by atoms with Crippen molar-refractivity contribution < 1.29 is 4.74 Å². The second kappa shape index (κ2) is 3.33. The van der Waals surface area contributed by atoms with Crippen molar-refractivity contribution in [3.63, 3.8) is 0 Å². The molecule has 0 radical (unpaired) electrons. The molecule has 0 bridgehead atoms. The summed E-state index contributed by atoms with van der Waals surface area (Å²) in [5, 5.41) is 0. The van der Waals surface area contributed by atoms with Gasteiger partial charge in [0.05, 0.1) is 7.11 Å². The summed E-state index contributed by atoms with van der Waals surface area (Å²) in [6, 6.07) is 6.09. The monoisotopic (exact) mass is 186 g/mol. The van der Waals surface area contributed by atoms with Gasteiger partial charge >= 0.3 is 0 Å². The van der Waals surface area contributed by atoms with Gasteiger partial charge in [0.25, 0.3) is 0 Å². The van der Waals surface area contributed by atoms with E-state index in [4.69, 9.17) is 4.74 Å². The summed E-state index contributed by atoms with van der Waals surface area (Å²) in [5.74, 6) is 0.969. The van der Waals surface area contributed by atoms with Gasteiger partial charge in [0, 0.05) is 5.56 Å². The lowest BCUT2D eigenvalue weighted by atomic mass is 9.85. The first-order chi connectivity index (χ1) is 6.74. The molecule has 14 heavy (non-hydrogen) atoms. The van der Waals surface area contributed by atoms with Crippen LogP contribution in [-0.2, 0) is 6.42 Å². The van der Waals surface area contributed by atoms with Crippen LogP contribution in [0.4, 0.5) is 0 Å². The number of hydrogen-bond acceptors (Lipinski definition) is 1. The summed E-state index contributed by atoms with van der Waals surface area (Å²) in [7, 11) is 1.71. The van der Waals surface area contributed by atoms with Gasteiger partial charge in [-0.1, -0.05) is 25.3 Å². The Morgan fingerprint density at radius 1 is 1.21 bits per heavy atom. The maximum absolute atomic E-state index is 5.33. The standard InChI is InChI=1S/C13H14O/c1-9-7-8-12-11(10(9)2)5-4-6-13(12)14-3/h4-6H,1-2,7-8H2,3H3.